The zero-order valence-electron chi connectivity index (χ0n) is 10.1. The largest absolute Gasteiger partial charge is 0.381 e. The van der Waals surface area contributed by atoms with Crippen LogP contribution in [0.2, 0.25) is 0 Å². The third-order valence-electron chi connectivity index (χ3n) is 3.74. The van der Waals surface area contributed by atoms with E-state index in [0.29, 0.717) is 11.9 Å². The number of rotatable bonds is 2. The van der Waals surface area contributed by atoms with Gasteiger partial charge in [0.25, 0.3) is 0 Å². The summed E-state index contributed by atoms with van der Waals surface area (Å²) in [6.07, 6.45) is 4.10. The Hall–Kier alpha value is -0.610. The molecule has 92 valence electrons. The minimum atomic E-state index is 0.195. The topological polar surface area (TPSA) is 41.6 Å². The molecule has 0 bridgehead atoms. The third-order valence-corrected chi connectivity index (χ3v) is 3.74. The first-order valence-corrected chi connectivity index (χ1v) is 6.34. The van der Waals surface area contributed by atoms with Gasteiger partial charge in [-0.3, -0.25) is 4.79 Å². The van der Waals surface area contributed by atoms with Crippen LogP contribution >= 0.6 is 0 Å². The Bertz CT molecular complexity index is 233. The van der Waals surface area contributed by atoms with Crippen LogP contribution in [-0.4, -0.2) is 50.2 Å². The van der Waals surface area contributed by atoms with Crippen LogP contribution in [0.25, 0.3) is 0 Å². The maximum Gasteiger partial charge on any atom is 0.225 e. The van der Waals surface area contributed by atoms with Crippen molar-refractivity contribution < 1.29 is 9.53 Å². The van der Waals surface area contributed by atoms with Gasteiger partial charge in [0.2, 0.25) is 5.91 Å². The molecule has 0 saturated carbocycles. The first-order chi connectivity index (χ1) is 7.79. The minimum absolute atomic E-state index is 0.195. The zero-order valence-corrected chi connectivity index (χ0v) is 10.1. The maximum atomic E-state index is 12.2. The van der Waals surface area contributed by atoms with Gasteiger partial charge in [0.1, 0.15) is 0 Å². The first-order valence-electron chi connectivity index (χ1n) is 6.34. The van der Waals surface area contributed by atoms with E-state index in [-0.39, 0.29) is 5.92 Å². The predicted molar refractivity (Wildman–Crippen MR) is 62.2 cm³/mol. The normalized spacial score (nSPS) is 27.7. The molecule has 4 nitrogen and oxygen atoms in total. The van der Waals surface area contributed by atoms with Crippen molar-refractivity contribution in [2.75, 3.05) is 33.4 Å². The Morgan fingerprint density at radius 3 is 2.69 bits per heavy atom. The van der Waals surface area contributed by atoms with Crippen LogP contribution in [0.15, 0.2) is 0 Å². The summed E-state index contributed by atoms with van der Waals surface area (Å²) in [5, 5.41) is 3.35. The van der Waals surface area contributed by atoms with Gasteiger partial charge >= 0.3 is 0 Å². The number of hydrogen-bond donors (Lipinski definition) is 1. The molecule has 2 rings (SSSR count). The number of hydrogen-bond acceptors (Lipinski definition) is 3. The van der Waals surface area contributed by atoms with E-state index in [1.165, 1.54) is 6.42 Å². The van der Waals surface area contributed by atoms with Gasteiger partial charge in [0.05, 0.1) is 0 Å². The van der Waals surface area contributed by atoms with Crippen LogP contribution in [0.4, 0.5) is 0 Å². The van der Waals surface area contributed by atoms with E-state index >= 15 is 0 Å². The van der Waals surface area contributed by atoms with Crippen LogP contribution < -0.4 is 5.32 Å². The quantitative estimate of drug-likeness (QED) is 0.750. The number of amides is 1. The second-order valence-corrected chi connectivity index (χ2v) is 4.84. The van der Waals surface area contributed by atoms with Crippen molar-refractivity contribution in [2.24, 2.45) is 5.92 Å². The number of carbonyl (C=O) groups excluding carboxylic acids is 1. The van der Waals surface area contributed by atoms with Gasteiger partial charge in [0.15, 0.2) is 0 Å². The van der Waals surface area contributed by atoms with E-state index in [4.69, 9.17) is 4.74 Å². The van der Waals surface area contributed by atoms with Gasteiger partial charge in [-0.1, -0.05) is 0 Å². The van der Waals surface area contributed by atoms with Crippen molar-refractivity contribution >= 4 is 5.91 Å². The minimum Gasteiger partial charge on any atom is -0.381 e. The lowest BCUT2D eigenvalue weighted by Crippen LogP contribution is -2.49. The molecule has 2 aliphatic rings. The van der Waals surface area contributed by atoms with Crippen molar-refractivity contribution in [3.05, 3.63) is 0 Å². The molecule has 2 fully saturated rings. The molecule has 16 heavy (non-hydrogen) atoms. The fraction of sp³-hybridized carbons (Fsp3) is 0.917. The average molecular weight is 226 g/mol. The SMILES string of the molecule is CN(C(=O)C1CCOCC1)C1CCCNC1. The van der Waals surface area contributed by atoms with E-state index < -0.39 is 0 Å². The molecular formula is C12H22N2O2. The summed E-state index contributed by atoms with van der Waals surface area (Å²) >= 11 is 0. The molecule has 1 unspecified atom stereocenters. The first kappa shape index (κ1) is 11.9. The smallest absolute Gasteiger partial charge is 0.225 e. The third kappa shape index (κ3) is 2.74. The highest BCUT2D eigenvalue weighted by Gasteiger charge is 2.28. The molecule has 2 aliphatic heterocycles. The second-order valence-electron chi connectivity index (χ2n) is 4.84. The van der Waals surface area contributed by atoms with Crippen LogP contribution in [0, 0.1) is 5.92 Å². The summed E-state index contributed by atoms with van der Waals surface area (Å²) in [7, 11) is 1.95. The van der Waals surface area contributed by atoms with E-state index in [9.17, 15) is 4.79 Å². The highest BCUT2D eigenvalue weighted by molar-refractivity contribution is 5.79. The monoisotopic (exact) mass is 226 g/mol. The predicted octanol–water partition coefficient (Wildman–Crippen LogP) is 0.623. The summed E-state index contributed by atoms with van der Waals surface area (Å²) in [5.74, 6) is 0.512. The number of piperidine rings is 1. The number of ether oxygens (including phenoxy) is 1. The highest BCUT2D eigenvalue weighted by Crippen LogP contribution is 2.19. The van der Waals surface area contributed by atoms with E-state index in [2.05, 4.69) is 5.32 Å². The lowest BCUT2D eigenvalue weighted by atomic mass is 9.97. The van der Waals surface area contributed by atoms with E-state index in [1.807, 2.05) is 11.9 Å². The Labute approximate surface area is 97.3 Å². The Balaban J connectivity index is 1.86. The van der Waals surface area contributed by atoms with Gasteiger partial charge in [-0.25, -0.2) is 0 Å². The van der Waals surface area contributed by atoms with Crippen molar-refractivity contribution in [3.8, 4) is 0 Å². The molecule has 1 atom stereocenters. The fourth-order valence-corrected chi connectivity index (χ4v) is 2.58. The Morgan fingerprint density at radius 2 is 2.06 bits per heavy atom. The molecule has 0 aromatic heterocycles. The van der Waals surface area contributed by atoms with Crippen molar-refractivity contribution in [2.45, 2.75) is 31.7 Å². The van der Waals surface area contributed by atoms with Crippen LogP contribution in [0.5, 0.6) is 0 Å². The molecule has 0 aromatic rings. The second kappa shape index (κ2) is 5.64. The molecule has 0 aromatic carbocycles. The number of carbonyl (C=O) groups is 1. The fourth-order valence-electron chi connectivity index (χ4n) is 2.58. The van der Waals surface area contributed by atoms with Crippen molar-refractivity contribution in [3.63, 3.8) is 0 Å². The van der Waals surface area contributed by atoms with Crippen molar-refractivity contribution in [1.29, 1.82) is 0 Å². The number of nitrogens with zero attached hydrogens (tertiary/aromatic N) is 1. The highest BCUT2D eigenvalue weighted by atomic mass is 16.5. The Kier molecular flexibility index (Phi) is 4.18. The van der Waals surface area contributed by atoms with Crippen LogP contribution in [0.3, 0.4) is 0 Å². The van der Waals surface area contributed by atoms with Crippen LogP contribution in [0.1, 0.15) is 25.7 Å². The summed E-state index contributed by atoms with van der Waals surface area (Å²) in [4.78, 5) is 14.2. The van der Waals surface area contributed by atoms with Gasteiger partial charge in [-0.15, -0.1) is 0 Å². The molecule has 0 radical (unpaired) electrons. The van der Waals surface area contributed by atoms with E-state index in [1.54, 1.807) is 0 Å². The number of likely N-dealkylation sites (N-methyl/N-ethyl adjacent to an activating group) is 1. The average Bonchev–Trinajstić information content (AvgIpc) is 2.39. The summed E-state index contributed by atoms with van der Waals surface area (Å²) in [6.45, 7) is 3.53. The van der Waals surface area contributed by atoms with Crippen molar-refractivity contribution in [1.82, 2.24) is 10.2 Å². The number of nitrogens with one attached hydrogen (secondary N) is 1. The maximum absolute atomic E-state index is 12.2. The molecular weight excluding hydrogens is 204 g/mol. The van der Waals surface area contributed by atoms with Crippen LogP contribution in [-0.2, 0) is 9.53 Å². The van der Waals surface area contributed by atoms with Gasteiger partial charge in [-0.2, -0.15) is 0 Å². The lowest BCUT2D eigenvalue weighted by Gasteiger charge is -2.35. The molecule has 1 N–H and O–H groups in total. The molecule has 0 aliphatic carbocycles. The molecule has 2 heterocycles. The molecule has 1 amide bonds. The molecule has 0 spiro atoms. The molecule has 2 saturated heterocycles. The van der Waals surface area contributed by atoms with Gasteiger partial charge < -0.3 is 15.0 Å². The summed E-state index contributed by atoms with van der Waals surface area (Å²) in [6, 6.07) is 0.393. The summed E-state index contributed by atoms with van der Waals surface area (Å²) < 4.78 is 5.29. The van der Waals surface area contributed by atoms with Gasteiger partial charge in [-0.05, 0) is 32.2 Å². The zero-order chi connectivity index (χ0) is 11.4. The standard InChI is InChI=1S/C12H22N2O2/c1-14(11-3-2-6-13-9-11)12(15)10-4-7-16-8-5-10/h10-11,13H,2-9H2,1H3. The molecule has 4 heteroatoms. The lowest BCUT2D eigenvalue weighted by molar-refractivity contribution is -0.139. The Morgan fingerprint density at radius 1 is 1.31 bits per heavy atom. The van der Waals surface area contributed by atoms with E-state index in [0.717, 1.165) is 45.6 Å². The summed E-state index contributed by atoms with van der Waals surface area (Å²) in [5.41, 5.74) is 0. The van der Waals surface area contributed by atoms with Gasteiger partial charge in [0, 0.05) is 38.8 Å².